The van der Waals surface area contributed by atoms with Gasteiger partial charge in [-0.05, 0) is 36.5 Å². The highest BCUT2D eigenvalue weighted by molar-refractivity contribution is 7.15. The van der Waals surface area contributed by atoms with E-state index in [0.29, 0.717) is 19.1 Å². The molecule has 6 heteroatoms. The Balaban J connectivity index is 1.23. The van der Waals surface area contributed by atoms with Crippen molar-refractivity contribution in [3.05, 3.63) is 46.8 Å². The Morgan fingerprint density at radius 1 is 1.20 bits per heavy atom. The fourth-order valence-electron chi connectivity index (χ4n) is 5.82. The number of hydrogen-bond donors (Lipinski definition) is 1. The molecule has 1 amide bonds. The van der Waals surface area contributed by atoms with Crippen molar-refractivity contribution in [3.63, 3.8) is 0 Å². The van der Waals surface area contributed by atoms with E-state index in [4.69, 9.17) is 9.47 Å². The van der Waals surface area contributed by atoms with Gasteiger partial charge in [0.15, 0.2) is 0 Å². The summed E-state index contributed by atoms with van der Waals surface area (Å²) in [6.45, 7) is 5.24. The predicted molar refractivity (Wildman–Crippen MR) is 117 cm³/mol. The third-order valence-electron chi connectivity index (χ3n) is 7.61. The lowest BCUT2D eigenvalue weighted by Crippen LogP contribution is -2.54. The van der Waals surface area contributed by atoms with E-state index in [1.165, 1.54) is 20.9 Å². The number of thiophene rings is 1. The Labute approximate surface area is 181 Å². The standard InChI is InChI=1S/C24H28N2O3S/c27-22(23-15-25-13-19(23)14-28-16-23)26-9-7-24(8-10-26)21-18(6-11-29-24)12-20(30-21)17-4-2-1-3-5-17/h1-5,12,19,25H,6-11,13-16H2/t19-,23-/m0/s1. The first-order valence-electron chi connectivity index (χ1n) is 11.1. The molecule has 5 heterocycles. The van der Waals surface area contributed by atoms with Gasteiger partial charge in [-0.15, -0.1) is 11.3 Å². The lowest BCUT2D eigenvalue weighted by molar-refractivity contribution is -0.150. The van der Waals surface area contributed by atoms with E-state index in [9.17, 15) is 4.79 Å². The van der Waals surface area contributed by atoms with Gasteiger partial charge < -0.3 is 19.7 Å². The van der Waals surface area contributed by atoms with Gasteiger partial charge in [0.25, 0.3) is 0 Å². The molecule has 5 nitrogen and oxygen atoms in total. The van der Waals surface area contributed by atoms with Crippen LogP contribution in [0.3, 0.4) is 0 Å². The molecule has 0 aliphatic carbocycles. The van der Waals surface area contributed by atoms with Crippen molar-refractivity contribution >= 4 is 17.2 Å². The summed E-state index contributed by atoms with van der Waals surface area (Å²) in [6, 6.07) is 13.0. The van der Waals surface area contributed by atoms with Gasteiger partial charge in [-0.3, -0.25) is 4.79 Å². The van der Waals surface area contributed by atoms with Crippen LogP contribution in [-0.4, -0.2) is 56.8 Å². The fraction of sp³-hybridized carbons (Fsp3) is 0.542. The summed E-state index contributed by atoms with van der Waals surface area (Å²) in [4.78, 5) is 18.3. The third-order valence-corrected chi connectivity index (χ3v) is 9.02. The largest absolute Gasteiger partial charge is 0.380 e. The second-order valence-corrected chi connectivity index (χ2v) is 10.3. The summed E-state index contributed by atoms with van der Waals surface area (Å²) < 4.78 is 12.2. The zero-order valence-corrected chi connectivity index (χ0v) is 18.0. The molecule has 4 aliphatic rings. The number of ether oxygens (including phenoxy) is 2. The zero-order chi connectivity index (χ0) is 20.2. The number of benzene rings is 1. The highest BCUT2D eigenvalue weighted by Crippen LogP contribution is 2.48. The number of likely N-dealkylation sites (tertiary alicyclic amines) is 1. The van der Waals surface area contributed by atoms with Crippen LogP contribution in [0.4, 0.5) is 0 Å². The average Bonchev–Trinajstić information content (AvgIpc) is 3.49. The topological polar surface area (TPSA) is 50.8 Å². The number of nitrogens with zero attached hydrogens (tertiary/aromatic N) is 1. The van der Waals surface area contributed by atoms with Crippen LogP contribution in [0.2, 0.25) is 0 Å². The van der Waals surface area contributed by atoms with Crippen molar-refractivity contribution in [2.75, 3.05) is 46.0 Å². The van der Waals surface area contributed by atoms with Gasteiger partial charge in [-0.1, -0.05) is 30.3 Å². The Morgan fingerprint density at radius 3 is 2.87 bits per heavy atom. The molecule has 1 aromatic carbocycles. The maximum atomic E-state index is 13.5. The normalized spacial score (nSPS) is 29.7. The summed E-state index contributed by atoms with van der Waals surface area (Å²) in [6.07, 6.45) is 2.75. The van der Waals surface area contributed by atoms with Gasteiger partial charge in [0.2, 0.25) is 5.91 Å². The smallest absolute Gasteiger partial charge is 0.232 e. The SMILES string of the molecule is O=C(N1CCC2(CC1)OCCc1cc(-c3ccccc3)sc12)[C@]12CNC[C@H]1COC2. The van der Waals surface area contributed by atoms with E-state index in [1.807, 2.05) is 11.3 Å². The molecule has 6 rings (SSSR count). The zero-order valence-electron chi connectivity index (χ0n) is 17.2. The van der Waals surface area contributed by atoms with Crippen molar-refractivity contribution in [3.8, 4) is 10.4 Å². The summed E-state index contributed by atoms with van der Waals surface area (Å²) in [7, 11) is 0. The molecule has 3 saturated heterocycles. The quantitative estimate of drug-likeness (QED) is 0.805. The number of amides is 1. The molecular formula is C24H28N2O3S. The molecule has 1 aromatic heterocycles. The molecule has 0 bridgehead atoms. The lowest BCUT2D eigenvalue weighted by atomic mass is 9.78. The molecule has 1 spiro atoms. The van der Waals surface area contributed by atoms with Crippen molar-refractivity contribution in [2.45, 2.75) is 24.9 Å². The fourth-order valence-corrected chi connectivity index (χ4v) is 7.23. The van der Waals surface area contributed by atoms with Gasteiger partial charge >= 0.3 is 0 Å². The molecule has 158 valence electrons. The summed E-state index contributed by atoms with van der Waals surface area (Å²) in [5.74, 6) is 0.612. The Bertz CT molecular complexity index is 939. The Hall–Kier alpha value is -1.73. The van der Waals surface area contributed by atoms with Gasteiger partial charge in [-0.25, -0.2) is 0 Å². The van der Waals surface area contributed by atoms with E-state index in [2.05, 4.69) is 46.6 Å². The molecular weight excluding hydrogens is 396 g/mol. The van der Waals surface area contributed by atoms with Crippen LogP contribution in [0.1, 0.15) is 23.3 Å². The van der Waals surface area contributed by atoms with Crippen LogP contribution < -0.4 is 5.32 Å². The lowest BCUT2D eigenvalue weighted by Gasteiger charge is -2.45. The first kappa shape index (κ1) is 19.0. The minimum atomic E-state index is -0.341. The number of hydrogen-bond acceptors (Lipinski definition) is 5. The maximum Gasteiger partial charge on any atom is 0.232 e. The monoisotopic (exact) mass is 424 g/mol. The summed E-state index contributed by atoms with van der Waals surface area (Å²) in [5, 5.41) is 3.42. The molecule has 0 saturated carbocycles. The van der Waals surface area contributed by atoms with E-state index < -0.39 is 0 Å². The van der Waals surface area contributed by atoms with Crippen molar-refractivity contribution < 1.29 is 14.3 Å². The average molecular weight is 425 g/mol. The third kappa shape index (κ3) is 2.81. The van der Waals surface area contributed by atoms with E-state index in [0.717, 1.165) is 52.0 Å². The van der Waals surface area contributed by atoms with Gasteiger partial charge in [-0.2, -0.15) is 0 Å². The number of piperidine rings is 1. The van der Waals surface area contributed by atoms with Gasteiger partial charge in [0.1, 0.15) is 5.60 Å². The van der Waals surface area contributed by atoms with E-state index in [-0.39, 0.29) is 16.9 Å². The predicted octanol–water partition coefficient (Wildman–Crippen LogP) is 3.04. The first-order chi connectivity index (χ1) is 14.7. The summed E-state index contributed by atoms with van der Waals surface area (Å²) in [5.41, 5.74) is 2.15. The van der Waals surface area contributed by atoms with E-state index in [1.54, 1.807) is 0 Å². The molecule has 1 N–H and O–H groups in total. The number of fused-ring (bicyclic) bond motifs is 3. The Kier molecular flexibility index (Phi) is 4.53. The number of rotatable bonds is 2. The van der Waals surface area contributed by atoms with Crippen LogP contribution in [0, 0.1) is 11.3 Å². The van der Waals surface area contributed by atoms with Gasteiger partial charge in [0, 0.05) is 41.9 Å². The number of carbonyl (C=O) groups excluding carboxylic acids is 1. The molecule has 4 aliphatic heterocycles. The van der Waals surface area contributed by atoms with Crippen LogP contribution in [0.5, 0.6) is 0 Å². The molecule has 2 aromatic rings. The maximum absolute atomic E-state index is 13.5. The minimum Gasteiger partial charge on any atom is -0.380 e. The van der Waals surface area contributed by atoms with Crippen LogP contribution in [-0.2, 0) is 26.3 Å². The second-order valence-electron chi connectivity index (χ2n) is 9.22. The molecule has 30 heavy (non-hydrogen) atoms. The Morgan fingerprint density at radius 2 is 2.03 bits per heavy atom. The number of nitrogens with one attached hydrogen (secondary N) is 1. The van der Waals surface area contributed by atoms with Crippen molar-refractivity contribution in [2.24, 2.45) is 11.3 Å². The van der Waals surface area contributed by atoms with Gasteiger partial charge in [0.05, 0.1) is 25.2 Å². The highest BCUT2D eigenvalue weighted by atomic mass is 32.1. The molecule has 2 atom stereocenters. The first-order valence-corrected chi connectivity index (χ1v) is 11.9. The number of carbonyl (C=O) groups is 1. The van der Waals surface area contributed by atoms with Crippen LogP contribution >= 0.6 is 11.3 Å². The van der Waals surface area contributed by atoms with Crippen LogP contribution in [0.25, 0.3) is 10.4 Å². The van der Waals surface area contributed by atoms with Crippen molar-refractivity contribution in [1.29, 1.82) is 0 Å². The highest BCUT2D eigenvalue weighted by Gasteiger charge is 2.55. The minimum absolute atomic E-state index is 0.223. The summed E-state index contributed by atoms with van der Waals surface area (Å²) >= 11 is 1.88. The van der Waals surface area contributed by atoms with Crippen molar-refractivity contribution in [1.82, 2.24) is 10.2 Å². The van der Waals surface area contributed by atoms with Crippen LogP contribution in [0.15, 0.2) is 36.4 Å². The molecule has 0 radical (unpaired) electrons. The molecule has 0 unspecified atom stereocenters. The van der Waals surface area contributed by atoms with E-state index >= 15 is 0 Å². The molecule has 3 fully saturated rings. The second kappa shape index (κ2) is 7.16.